The highest BCUT2D eigenvalue weighted by atomic mass is 16.5. The average molecular weight is 213 g/mol. The van der Waals surface area contributed by atoms with Gasteiger partial charge in [-0.1, -0.05) is 12.1 Å². The molecule has 1 atom stereocenters. The fourth-order valence-corrected chi connectivity index (χ4v) is 1.26. The Morgan fingerprint density at radius 3 is 3.00 bits per heavy atom. The van der Waals surface area contributed by atoms with Crippen molar-refractivity contribution in [1.29, 1.82) is 0 Å². The first kappa shape index (κ1) is 12.1. The summed E-state index contributed by atoms with van der Waals surface area (Å²) >= 11 is 0. The summed E-state index contributed by atoms with van der Waals surface area (Å²) in [6, 6.07) is 0. The van der Waals surface area contributed by atoms with Crippen LogP contribution in [0.1, 0.15) is 38.5 Å². The van der Waals surface area contributed by atoms with Gasteiger partial charge in [-0.2, -0.15) is 0 Å². The van der Waals surface area contributed by atoms with E-state index in [9.17, 15) is 5.11 Å². The normalized spacial score (nSPS) is 13.0. The first-order valence-electron chi connectivity index (χ1n) is 5.43. The van der Waals surface area contributed by atoms with E-state index >= 15 is 0 Å². The second-order valence-corrected chi connectivity index (χ2v) is 3.38. The van der Waals surface area contributed by atoms with Crippen LogP contribution in [0.2, 0.25) is 0 Å². The van der Waals surface area contributed by atoms with Gasteiger partial charge < -0.3 is 9.84 Å². The highest BCUT2D eigenvalue weighted by Crippen LogP contribution is 2.11. The van der Waals surface area contributed by atoms with Crippen LogP contribution in [0.3, 0.4) is 0 Å². The number of nitrogens with zero attached hydrogens (tertiary/aromatic N) is 3. The average Bonchev–Trinajstić information content (AvgIpc) is 2.72. The van der Waals surface area contributed by atoms with Gasteiger partial charge in [0.25, 0.3) is 0 Å². The number of hydrogen-bond donors (Lipinski definition) is 1. The summed E-state index contributed by atoms with van der Waals surface area (Å²) in [5.41, 5.74) is 0.647. The molecule has 1 heterocycles. The molecule has 0 saturated carbocycles. The Hall–Kier alpha value is -0.940. The minimum Gasteiger partial charge on any atom is -0.387 e. The molecule has 0 radical (unpaired) electrons. The van der Waals surface area contributed by atoms with E-state index in [0.717, 1.165) is 26.2 Å². The van der Waals surface area contributed by atoms with Crippen molar-refractivity contribution in [2.75, 3.05) is 13.2 Å². The van der Waals surface area contributed by atoms with Crippen molar-refractivity contribution in [1.82, 2.24) is 15.0 Å². The van der Waals surface area contributed by atoms with E-state index in [2.05, 4.69) is 10.3 Å². The summed E-state index contributed by atoms with van der Waals surface area (Å²) in [6.07, 6.45) is 2.88. The SMILES string of the molecule is CCOCCCn1cc(C(O)CC)nn1. The molecule has 1 aromatic rings. The molecule has 0 aliphatic carbocycles. The molecule has 1 rings (SSSR count). The van der Waals surface area contributed by atoms with Crippen LogP contribution in [0.4, 0.5) is 0 Å². The topological polar surface area (TPSA) is 60.2 Å². The van der Waals surface area contributed by atoms with Crippen LogP contribution in [0, 0.1) is 0 Å². The van der Waals surface area contributed by atoms with Crippen LogP contribution < -0.4 is 0 Å². The van der Waals surface area contributed by atoms with Crippen molar-refractivity contribution >= 4 is 0 Å². The fourth-order valence-electron chi connectivity index (χ4n) is 1.26. The summed E-state index contributed by atoms with van der Waals surface area (Å²) in [5, 5.41) is 17.4. The zero-order chi connectivity index (χ0) is 11.1. The Labute approximate surface area is 90.1 Å². The number of hydrogen-bond acceptors (Lipinski definition) is 4. The van der Waals surface area contributed by atoms with Crippen LogP contribution in [-0.2, 0) is 11.3 Å². The molecule has 0 aliphatic rings. The summed E-state index contributed by atoms with van der Waals surface area (Å²) in [4.78, 5) is 0. The Kier molecular flexibility index (Phi) is 5.28. The lowest BCUT2D eigenvalue weighted by Gasteiger charge is -2.01. The van der Waals surface area contributed by atoms with Crippen molar-refractivity contribution in [3.63, 3.8) is 0 Å². The third-order valence-electron chi connectivity index (χ3n) is 2.16. The maximum absolute atomic E-state index is 9.51. The van der Waals surface area contributed by atoms with Crippen molar-refractivity contribution in [2.45, 2.75) is 39.3 Å². The molecule has 0 bridgehead atoms. The van der Waals surface area contributed by atoms with Crippen molar-refractivity contribution in [2.24, 2.45) is 0 Å². The highest BCUT2D eigenvalue weighted by Gasteiger charge is 2.08. The number of rotatable bonds is 7. The third kappa shape index (κ3) is 3.97. The van der Waals surface area contributed by atoms with Gasteiger partial charge in [-0.3, -0.25) is 4.68 Å². The van der Waals surface area contributed by atoms with Gasteiger partial charge in [0.1, 0.15) is 5.69 Å². The van der Waals surface area contributed by atoms with E-state index in [4.69, 9.17) is 4.74 Å². The summed E-state index contributed by atoms with van der Waals surface area (Å²) < 4.78 is 6.96. The molecule has 5 heteroatoms. The van der Waals surface area contributed by atoms with Crippen LogP contribution in [0.25, 0.3) is 0 Å². The minimum atomic E-state index is -0.495. The maximum atomic E-state index is 9.51. The maximum Gasteiger partial charge on any atom is 0.111 e. The standard InChI is InChI=1S/C10H19N3O2/c1-3-10(14)9-8-13(12-11-9)6-5-7-15-4-2/h8,10,14H,3-7H2,1-2H3. The number of ether oxygens (including phenoxy) is 1. The first-order chi connectivity index (χ1) is 7.27. The zero-order valence-corrected chi connectivity index (χ0v) is 9.39. The number of aliphatic hydroxyl groups excluding tert-OH is 1. The van der Waals surface area contributed by atoms with Crippen LogP contribution in [-0.4, -0.2) is 33.3 Å². The number of aryl methyl sites for hydroxylation is 1. The number of aliphatic hydroxyl groups is 1. The molecule has 86 valence electrons. The van der Waals surface area contributed by atoms with Crippen molar-refractivity contribution in [3.8, 4) is 0 Å². The van der Waals surface area contributed by atoms with Gasteiger partial charge >= 0.3 is 0 Å². The predicted octanol–water partition coefficient (Wildman–Crippen LogP) is 1.15. The monoisotopic (exact) mass is 213 g/mol. The minimum absolute atomic E-state index is 0.495. The van der Waals surface area contributed by atoms with E-state index in [1.807, 2.05) is 13.8 Å². The van der Waals surface area contributed by atoms with Gasteiger partial charge in [-0.15, -0.1) is 5.10 Å². The smallest absolute Gasteiger partial charge is 0.111 e. The predicted molar refractivity (Wildman–Crippen MR) is 56.4 cm³/mol. The van der Waals surface area contributed by atoms with Crippen molar-refractivity contribution < 1.29 is 9.84 Å². The van der Waals surface area contributed by atoms with Crippen LogP contribution in [0.15, 0.2) is 6.20 Å². The zero-order valence-electron chi connectivity index (χ0n) is 9.39. The molecule has 5 nitrogen and oxygen atoms in total. The second kappa shape index (κ2) is 6.53. The molecule has 0 saturated heterocycles. The molecule has 1 unspecified atom stereocenters. The van der Waals surface area contributed by atoms with Crippen molar-refractivity contribution in [3.05, 3.63) is 11.9 Å². The van der Waals surface area contributed by atoms with E-state index < -0.39 is 6.10 Å². The van der Waals surface area contributed by atoms with Crippen LogP contribution >= 0.6 is 0 Å². The Bertz CT molecular complexity index is 275. The summed E-state index contributed by atoms with van der Waals surface area (Å²) in [5.74, 6) is 0. The Morgan fingerprint density at radius 2 is 2.33 bits per heavy atom. The largest absolute Gasteiger partial charge is 0.387 e. The third-order valence-corrected chi connectivity index (χ3v) is 2.16. The van der Waals surface area contributed by atoms with Gasteiger partial charge in [-0.25, -0.2) is 0 Å². The molecule has 0 fully saturated rings. The lowest BCUT2D eigenvalue weighted by molar-refractivity contribution is 0.140. The quantitative estimate of drug-likeness (QED) is 0.690. The van der Waals surface area contributed by atoms with E-state index in [-0.39, 0.29) is 0 Å². The molecule has 0 aliphatic heterocycles. The van der Waals surface area contributed by atoms with E-state index in [1.54, 1.807) is 10.9 Å². The molecule has 1 N–H and O–H groups in total. The number of aromatic nitrogens is 3. The first-order valence-corrected chi connectivity index (χ1v) is 5.43. The molecule has 0 aromatic carbocycles. The lowest BCUT2D eigenvalue weighted by atomic mass is 10.2. The second-order valence-electron chi connectivity index (χ2n) is 3.38. The van der Waals surface area contributed by atoms with Gasteiger partial charge in [0.05, 0.1) is 12.3 Å². The van der Waals surface area contributed by atoms with E-state index in [0.29, 0.717) is 12.1 Å². The lowest BCUT2D eigenvalue weighted by Crippen LogP contribution is -2.03. The molecular weight excluding hydrogens is 194 g/mol. The molecule has 1 aromatic heterocycles. The van der Waals surface area contributed by atoms with Gasteiger partial charge in [-0.05, 0) is 19.8 Å². The highest BCUT2D eigenvalue weighted by molar-refractivity contribution is 4.96. The Morgan fingerprint density at radius 1 is 1.53 bits per heavy atom. The molecule has 0 spiro atoms. The van der Waals surface area contributed by atoms with Gasteiger partial charge in [0.15, 0.2) is 0 Å². The van der Waals surface area contributed by atoms with Gasteiger partial charge in [0.2, 0.25) is 0 Å². The molecular formula is C10H19N3O2. The molecule has 0 amide bonds. The van der Waals surface area contributed by atoms with Crippen LogP contribution in [0.5, 0.6) is 0 Å². The molecule has 15 heavy (non-hydrogen) atoms. The Balaban J connectivity index is 2.33. The van der Waals surface area contributed by atoms with E-state index in [1.165, 1.54) is 0 Å². The summed E-state index contributed by atoms with van der Waals surface area (Å²) in [6.45, 7) is 6.16. The van der Waals surface area contributed by atoms with Gasteiger partial charge in [0, 0.05) is 19.8 Å². The fraction of sp³-hybridized carbons (Fsp3) is 0.800. The summed E-state index contributed by atoms with van der Waals surface area (Å²) in [7, 11) is 0.